The molecule has 0 saturated carbocycles. The number of likely N-dealkylation sites (N-methyl/N-ethyl adjacent to an activating group) is 1. The van der Waals surface area contributed by atoms with Crippen LogP contribution in [0.5, 0.6) is 5.75 Å². The van der Waals surface area contributed by atoms with E-state index in [1.54, 1.807) is 49.4 Å². The third-order valence-electron chi connectivity index (χ3n) is 5.52. The summed E-state index contributed by atoms with van der Waals surface area (Å²) in [5.74, 6) is 0.498. The van der Waals surface area contributed by atoms with Gasteiger partial charge in [0, 0.05) is 50.7 Å². The fraction of sp³-hybridized carbons (Fsp3) is 0.417. The lowest BCUT2D eigenvalue weighted by Crippen LogP contribution is -2.44. The Kier molecular flexibility index (Phi) is 8.08. The van der Waals surface area contributed by atoms with E-state index in [1.165, 1.54) is 0 Å². The average molecular weight is 441 g/mol. The smallest absolute Gasteiger partial charge is 0.323 e. The predicted molar refractivity (Wildman–Crippen MR) is 125 cm³/mol. The van der Waals surface area contributed by atoms with Crippen LogP contribution in [0.3, 0.4) is 0 Å². The van der Waals surface area contributed by atoms with Crippen molar-refractivity contribution in [1.29, 1.82) is 0 Å². The van der Waals surface area contributed by atoms with Gasteiger partial charge in [0.05, 0.1) is 11.7 Å². The number of methoxy groups -OCH3 is 1. The van der Waals surface area contributed by atoms with Crippen molar-refractivity contribution in [2.45, 2.75) is 26.0 Å². The number of rotatable bonds is 3. The minimum atomic E-state index is -0.375. The summed E-state index contributed by atoms with van der Waals surface area (Å²) in [4.78, 5) is 27.2. The zero-order valence-electron chi connectivity index (χ0n) is 19.1. The van der Waals surface area contributed by atoms with E-state index < -0.39 is 0 Å². The topological polar surface area (TPSA) is 91.9 Å². The standard InChI is InChI=1S/C24H32N4O4/c1-16-13-25-17(2)15-32-21-12-19(27-24(30)26-18-8-6-5-7-9-18)10-11-20(21)23(29)28(3)14-22(16)31-4/h5-12,16-17,22,25H,13-15H2,1-4H3,(H2,26,27,30)/t16-,17+,22+/m1/s1. The van der Waals surface area contributed by atoms with E-state index in [1.807, 2.05) is 25.1 Å². The molecule has 0 bridgehead atoms. The molecule has 1 aliphatic heterocycles. The normalized spacial score (nSPS) is 22.1. The summed E-state index contributed by atoms with van der Waals surface area (Å²) >= 11 is 0. The van der Waals surface area contributed by atoms with E-state index in [2.05, 4.69) is 22.9 Å². The number of fused-ring (bicyclic) bond motifs is 1. The summed E-state index contributed by atoms with van der Waals surface area (Å²) < 4.78 is 11.6. The lowest BCUT2D eigenvalue weighted by atomic mass is 10.0. The molecular weight excluding hydrogens is 408 g/mol. The summed E-state index contributed by atoms with van der Waals surface area (Å²) in [5, 5.41) is 9.03. The van der Waals surface area contributed by atoms with Gasteiger partial charge < -0.3 is 30.3 Å². The number of ether oxygens (including phenoxy) is 2. The number of amides is 3. The fourth-order valence-electron chi connectivity index (χ4n) is 3.55. The van der Waals surface area contributed by atoms with E-state index >= 15 is 0 Å². The first-order chi connectivity index (χ1) is 15.4. The highest BCUT2D eigenvalue weighted by molar-refractivity contribution is 6.01. The third-order valence-corrected chi connectivity index (χ3v) is 5.52. The van der Waals surface area contributed by atoms with Crippen LogP contribution in [0.15, 0.2) is 48.5 Å². The van der Waals surface area contributed by atoms with Crippen LogP contribution >= 0.6 is 0 Å². The van der Waals surface area contributed by atoms with Crippen molar-refractivity contribution in [2.24, 2.45) is 5.92 Å². The van der Waals surface area contributed by atoms with Crippen molar-refractivity contribution < 1.29 is 19.1 Å². The van der Waals surface area contributed by atoms with E-state index in [-0.39, 0.29) is 30.0 Å². The SMILES string of the molecule is CO[C@H]1CN(C)C(=O)c2ccc(NC(=O)Nc3ccccc3)cc2OC[C@H](C)NC[C@H]1C. The van der Waals surface area contributed by atoms with Crippen LogP contribution in [0.2, 0.25) is 0 Å². The van der Waals surface area contributed by atoms with Gasteiger partial charge in [0.25, 0.3) is 5.91 Å². The molecule has 3 rings (SSSR count). The Morgan fingerprint density at radius 1 is 1.12 bits per heavy atom. The Morgan fingerprint density at radius 3 is 2.56 bits per heavy atom. The highest BCUT2D eigenvalue weighted by Crippen LogP contribution is 2.26. The quantitative estimate of drug-likeness (QED) is 0.680. The third kappa shape index (κ3) is 6.21. The minimum absolute atomic E-state index is 0.0769. The van der Waals surface area contributed by atoms with Crippen molar-refractivity contribution in [3.8, 4) is 5.75 Å². The fourth-order valence-corrected chi connectivity index (χ4v) is 3.55. The summed E-state index contributed by atoms with van der Waals surface area (Å²) in [7, 11) is 3.43. The van der Waals surface area contributed by atoms with Gasteiger partial charge >= 0.3 is 6.03 Å². The van der Waals surface area contributed by atoms with Gasteiger partial charge in [-0.15, -0.1) is 0 Å². The lowest BCUT2D eigenvalue weighted by Gasteiger charge is -2.30. The molecule has 8 heteroatoms. The Balaban J connectivity index is 1.81. The molecule has 0 aromatic heterocycles. The number of benzene rings is 2. The molecule has 0 fully saturated rings. The molecular formula is C24H32N4O4. The van der Waals surface area contributed by atoms with Crippen molar-refractivity contribution in [3.05, 3.63) is 54.1 Å². The number of nitrogens with one attached hydrogen (secondary N) is 3. The summed E-state index contributed by atoms with van der Waals surface area (Å²) in [6.07, 6.45) is -0.0879. The second-order valence-electron chi connectivity index (χ2n) is 8.21. The lowest BCUT2D eigenvalue weighted by molar-refractivity contribution is 0.0281. The van der Waals surface area contributed by atoms with E-state index in [0.29, 0.717) is 35.8 Å². The van der Waals surface area contributed by atoms with Crippen LogP contribution in [0.4, 0.5) is 16.2 Å². The van der Waals surface area contributed by atoms with Gasteiger partial charge in [-0.2, -0.15) is 0 Å². The highest BCUT2D eigenvalue weighted by Gasteiger charge is 2.25. The molecule has 1 aliphatic rings. The monoisotopic (exact) mass is 440 g/mol. The summed E-state index contributed by atoms with van der Waals surface area (Å²) in [6, 6.07) is 13.9. The first-order valence-corrected chi connectivity index (χ1v) is 10.8. The Morgan fingerprint density at radius 2 is 1.84 bits per heavy atom. The van der Waals surface area contributed by atoms with E-state index in [9.17, 15) is 9.59 Å². The van der Waals surface area contributed by atoms with Gasteiger partial charge in [0.15, 0.2) is 0 Å². The molecule has 0 saturated heterocycles. The number of carbonyl (C=O) groups is 2. The molecule has 32 heavy (non-hydrogen) atoms. The molecule has 2 aromatic rings. The van der Waals surface area contributed by atoms with Crippen LogP contribution in [0, 0.1) is 5.92 Å². The maximum atomic E-state index is 13.2. The van der Waals surface area contributed by atoms with Crippen LogP contribution in [0.1, 0.15) is 24.2 Å². The van der Waals surface area contributed by atoms with Crippen LogP contribution in [-0.2, 0) is 4.74 Å². The van der Waals surface area contributed by atoms with Crippen LogP contribution in [-0.4, -0.2) is 62.8 Å². The predicted octanol–water partition coefficient (Wildman–Crippen LogP) is 3.42. The minimum Gasteiger partial charge on any atom is -0.491 e. The number of anilines is 2. The van der Waals surface area contributed by atoms with Crippen molar-refractivity contribution >= 4 is 23.3 Å². The molecule has 0 radical (unpaired) electrons. The van der Waals surface area contributed by atoms with Gasteiger partial charge in [-0.05, 0) is 37.1 Å². The number of carbonyl (C=O) groups excluding carboxylic acids is 2. The van der Waals surface area contributed by atoms with Crippen molar-refractivity contribution in [2.75, 3.05) is 44.5 Å². The second-order valence-corrected chi connectivity index (χ2v) is 8.21. The van der Waals surface area contributed by atoms with Gasteiger partial charge in [0.1, 0.15) is 12.4 Å². The molecule has 3 amide bonds. The van der Waals surface area contributed by atoms with Gasteiger partial charge in [-0.25, -0.2) is 4.79 Å². The second kappa shape index (κ2) is 11.0. The molecule has 0 spiro atoms. The Bertz CT molecular complexity index is 921. The molecule has 0 unspecified atom stereocenters. The zero-order valence-corrected chi connectivity index (χ0v) is 19.1. The van der Waals surface area contributed by atoms with Gasteiger partial charge in [0.2, 0.25) is 0 Å². The summed E-state index contributed by atoms with van der Waals surface area (Å²) in [5.41, 5.74) is 1.66. The summed E-state index contributed by atoms with van der Waals surface area (Å²) in [6.45, 7) is 5.73. The number of hydrogen-bond donors (Lipinski definition) is 3. The van der Waals surface area contributed by atoms with Crippen molar-refractivity contribution in [1.82, 2.24) is 10.2 Å². The number of urea groups is 1. The van der Waals surface area contributed by atoms with E-state index in [4.69, 9.17) is 9.47 Å². The first kappa shape index (κ1) is 23.6. The maximum absolute atomic E-state index is 13.2. The first-order valence-electron chi connectivity index (χ1n) is 10.8. The zero-order chi connectivity index (χ0) is 23.1. The molecule has 2 aromatic carbocycles. The number of nitrogens with zero attached hydrogens (tertiary/aromatic N) is 1. The van der Waals surface area contributed by atoms with Crippen LogP contribution < -0.4 is 20.7 Å². The average Bonchev–Trinajstić information content (AvgIpc) is 2.79. The van der Waals surface area contributed by atoms with Crippen LogP contribution in [0.25, 0.3) is 0 Å². The number of para-hydroxylation sites is 1. The van der Waals surface area contributed by atoms with E-state index in [0.717, 1.165) is 6.54 Å². The molecule has 3 N–H and O–H groups in total. The molecule has 8 nitrogen and oxygen atoms in total. The molecule has 172 valence electrons. The molecule has 1 heterocycles. The molecule has 0 aliphatic carbocycles. The van der Waals surface area contributed by atoms with Gasteiger partial charge in [-0.1, -0.05) is 25.1 Å². The Labute approximate surface area is 189 Å². The molecule has 3 atom stereocenters. The number of hydrogen-bond acceptors (Lipinski definition) is 5. The largest absolute Gasteiger partial charge is 0.491 e. The maximum Gasteiger partial charge on any atom is 0.323 e. The highest BCUT2D eigenvalue weighted by atomic mass is 16.5. The van der Waals surface area contributed by atoms with Crippen molar-refractivity contribution in [3.63, 3.8) is 0 Å². The Hall–Kier alpha value is -3.10. The van der Waals surface area contributed by atoms with Gasteiger partial charge in [-0.3, -0.25) is 4.79 Å².